The third-order valence-corrected chi connectivity index (χ3v) is 3.07. The number of carbonyl (C=O) groups is 2. The van der Waals surface area contributed by atoms with Gasteiger partial charge in [-0.15, -0.1) is 0 Å². The molecule has 0 saturated heterocycles. The van der Waals surface area contributed by atoms with Crippen molar-refractivity contribution in [1.82, 2.24) is 5.32 Å². The van der Waals surface area contributed by atoms with Crippen molar-refractivity contribution in [2.75, 3.05) is 11.9 Å². The lowest BCUT2D eigenvalue weighted by molar-refractivity contribution is -0.139. The first-order chi connectivity index (χ1) is 9.60. The second-order valence-electron chi connectivity index (χ2n) is 4.71. The van der Waals surface area contributed by atoms with Gasteiger partial charge in [-0.2, -0.15) is 0 Å². The zero-order chi connectivity index (χ0) is 14.5. The fraction of sp³-hybridized carbons (Fsp3) is 0.429. The Bertz CT molecular complexity index is 482. The molecule has 1 saturated carbocycles. The average Bonchev–Trinajstić information content (AvgIpc) is 3.22. The molecule has 0 bridgehead atoms. The number of aliphatic carboxylic acids is 1. The summed E-state index contributed by atoms with van der Waals surface area (Å²) in [4.78, 5) is 22.8. The van der Waals surface area contributed by atoms with Crippen molar-refractivity contribution in [2.45, 2.75) is 25.8 Å². The van der Waals surface area contributed by atoms with Gasteiger partial charge in [0.15, 0.2) is 0 Å². The van der Waals surface area contributed by atoms with Gasteiger partial charge >= 0.3 is 12.0 Å². The van der Waals surface area contributed by atoms with Crippen LogP contribution in [0.3, 0.4) is 0 Å². The molecule has 108 valence electrons. The quantitative estimate of drug-likeness (QED) is 0.743. The van der Waals surface area contributed by atoms with Crippen LogP contribution in [0.5, 0.6) is 5.75 Å². The molecule has 1 aromatic rings. The molecule has 20 heavy (non-hydrogen) atoms. The smallest absolute Gasteiger partial charge is 0.326 e. The number of carboxylic acids is 1. The molecule has 2 amide bonds. The van der Waals surface area contributed by atoms with Crippen molar-refractivity contribution < 1.29 is 19.4 Å². The Morgan fingerprint density at radius 1 is 1.35 bits per heavy atom. The molecule has 0 aromatic heterocycles. The van der Waals surface area contributed by atoms with Gasteiger partial charge in [-0.3, -0.25) is 0 Å². The standard InChI is InChI=1S/C14H18N2O4/c1-2-20-11-7-5-10(6-8-11)15-14(19)16-12(13(17)18)9-3-4-9/h5-9,12H,2-4H2,1H3,(H,17,18)(H2,15,16,19). The Morgan fingerprint density at radius 2 is 2.00 bits per heavy atom. The molecule has 6 nitrogen and oxygen atoms in total. The van der Waals surface area contributed by atoms with Gasteiger partial charge in [0.05, 0.1) is 6.61 Å². The Kier molecular flexibility index (Phi) is 4.45. The summed E-state index contributed by atoms with van der Waals surface area (Å²) in [7, 11) is 0. The van der Waals surface area contributed by atoms with Gasteiger partial charge in [0.2, 0.25) is 0 Å². The summed E-state index contributed by atoms with van der Waals surface area (Å²) in [5, 5.41) is 14.1. The second kappa shape index (κ2) is 6.27. The average molecular weight is 278 g/mol. The molecule has 3 N–H and O–H groups in total. The number of nitrogens with one attached hydrogen (secondary N) is 2. The van der Waals surface area contributed by atoms with Gasteiger partial charge in [-0.1, -0.05) is 0 Å². The number of hydrogen-bond donors (Lipinski definition) is 3. The van der Waals surface area contributed by atoms with E-state index in [2.05, 4.69) is 10.6 Å². The number of ether oxygens (including phenoxy) is 1. The number of benzene rings is 1. The van der Waals surface area contributed by atoms with Gasteiger partial charge in [0.25, 0.3) is 0 Å². The fourth-order valence-electron chi connectivity index (χ4n) is 1.92. The lowest BCUT2D eigenvalue weighted by Crippen LogP contribution is -2.44. The normalized spacial score (nSPS) is 15.2. The first-order valence-corrected chi connectivity index (χ1v) is 6.63. The van der Waals surface area contributed by atoms with Gasteiger partial charge in [0.1, 0.15) is 11.8 Å². The highest BCUT2D eigenvalue weighted by molar-refractivity contribution is 5.92. The fourth-order valence-corrected chi connectivity index (χ4v) is 1.92. The topological polar surface area (TPSA) is 87.7 Å². The van der Waals surface area contributed by atoms with Crippen LogP contribution in [0.15, 0.2) is 24.3 Å². The van der Waals surface area contributed by atoms with Crippen LogP contribution in [0.4, 0.5) is 10.5 Å². The Labute approximate surface area is 117 Å². The molecule has 1 fully saturated rings. The van der Waals surface area contributed by atoms with E-state index in [1.54, 1.807) is 24.3 Å². The number of carboxylic acid groups (broad SMARTS) is 1. The summed E-state index contributed by atoms with van der Waals surface area (Å²) in [5.41, 5.74) is 0.589. The summed E-state index contributed by atoms with van der Waals surface area (Å²) < 4.78 is 5.30. The lowest BCUT2D eigenvalue weighted by Gasteiger charge is -2.14. The summed E-state index contributed by atoms with van der Waals surface area (Å²) in [5.74, 6) is -0.215. The molecule has 0 radical (unpaired) electrons. The van der Waals surface area contributed by atoms with E-state index in [0.717, 1.165) is 18.6 Å². The first kappa shape index (κ1) is 14.2. The maximum absolute atomic E-state index is 11.8. The number of rotatable bonds is 6. The molecule has 0 aliphatic heterocycles. The van der Waals surface area contributed by atoms with Crippen molar-refractivity contribution in [3.8, 4) is 5.75 Å². The van der Waals surface area contributed by atoms with Crippen molar-refractivity contribution >= 4 is 17.7 Å². The van der Waals surface area contributed by atoms with Crippen LogP contribution in [-0.4, -0.2) is 29.8 Å². The number of amides is 2. The molecule has 1 unspecified atom stereocenters. The number of hydrogen-bond acceptors (Lipinski definition) is 3. The third kappa shape index (κ3) is 3.88. The van der Waals surface area contributed by atoms with E-state index in [9.17, 15) is 9.59 Å². The molecule has 1 aliphatic rings. The highest BCUT2D eigenvalue weighted by Crippen LogP contribution is 2.32. The molecule has 1 aliphatic carbocycles. The molecule has 0 spiro atoms. The van der Waals surface area contributed by atoms with Gasteiger partial charge in [0, 0.05) is 5.69 Å². The number of anilines is 1. The van der Waals surface area contributed by atoms with Crippen molar-refractivity contribution in [3.63, 3.8) is 0 Å². The lowest BCUT2D eigenvalue weighted by atomic mass is 10.2. The molecule has 0 heterocycles. The number of urea groups is 1. The van der Waals surface area contributed by atoms with Crippen molar-refractivity contribution in [3.05, 3.63) is 24.3 Å². The van der Waals surface area contributed by atoms with Crippen LogP contribution < -0.4 is 15.4 Å². The molecule has 6 heteroatoms. The second-order valence-corrected chi connectivity index (χ2v) is 4.71. The van der Waals surface area contributed by atoms with E-state index < -0.39 is 18.0 Å². The maximum Gasteiger partial charge on any atom is 0.326 e. The minimum Gasteiger partial charge on any atom is -0.494 e. The van der Waals surface area contributed by atoms with Crippen LogP contribution >= 0.6 is 0 Å². The van der Waals surface area contributed by atoms with E-state index in [0.29, 0.717) is 12.3 Å². The summed E-state index contributed by atoms with van der Waals surface area (Å²) in [6, 6.07) is 5.59. The maximum atomic E-state index is 11.8. The molecular formula is C14H18N2O4. The van der Waals surface area contributed by atoms with Crippen LogP contribution in [-0.2, 0) is 4.79 Å². The first-order valence-electron chi connectivity index (χ1n) is 6.63. The Morgan fingerprint density at radius 3 is 2.50 bits per heavy atom. The predicted octanol–water partition coefficient (Wildman–Crippen LogP) is 2.07. The molecule has 2 rings (SSSR count). The summed E-state index contributed by atoms with van der Waals surface area (Å²) >= 11 is 0. The zero-order valence-electron chi connectivity index (χ0n) is 11.3. The van der Waals surface area contributed by atoms with E-state index in [1.165, 1.54) is 0 Å². The molecule has 1 aromatic carbocycles. The highest BCUT2D eigenvalue weighted by atomic mass is 16.5. The summed E-state index contributed by atoms with van der Waals surface area (Å²) in [6.07, 6.45) is 1.70. The molecular weight excluding hydrogens is 260 g/mol. The largest absolute Gasteiger partial charge is 0.494 e. The zero-order valence-corrected chi connectivity index (χ0v) is 11.3. The van der Waals surface area contributed by atoms with Crippen molar-refractivity contribution in [2.24, 2.45) is 5.92 Å². The van der Waals surface area contributed by atoms with Crippen LogP contribution in [0.2, 0.25) is 0 Å². The van der Waals surface area contributed by atoms with Crippen LogP contribution in [0.1, 0.15) is 19.8 Å². The van der Waals surface area contributed by atoms with Gasteiger partial charge < -0.3 is 20.5 Å². The predicted molar refractivity (Wildman–Crippen MR) is 73.9 cm³/mol. The van der Waals surface area contributed by atoms with E-state index in [4.69, 9.17) is 9.84 Å². The van der Waals surface area contributed by atoms with Crippen molar-refractivity contribution in [1.29, 1.82) is 0 Å². The van der Waals surface area contributed by atoms with Gasteiger partial charge in [-0.25, -0.2) is 9.59 Å². The minimum absolute atomic E-state index is 0.0542. The Hall–Kier alpha value is -2.24. The van der Waals surface area contributed by atoms with E-state index in [-0.39, 0.29) is 5.92 Å². The van der Waals surface area contributed by atoms with E-state index >= 15 is 0 Å². The SMILES string of the molecule is CCOc1ccc(NC(=O)NC(C(=O)O)C2CC2)cc1. The van der Waals surface area contributed by atoms with E-state index in [1.807, 2.05) is 6.92 Å². The van der Waals surface area contributed by atoms with Crippen LogP contribution in [0, 0.1) is 5.92 Å². The van der Waals surface area contributed by atoms with Crippen LogP contribution in [0.25, 0.3) is 0 Å². The summed E-state index contributed by atoms with van der Waals surface area (Å²) in [6.45, 7) is 2.47. The number of carbonyl (C=O) groups excluding carboxylic acids is 1. The molecule has 1 atom stereocenters. The Balaban J connectivity index is 1.88. The monoisotopic (exact) mass is 278 g/mol. The third-order valence-electron chi connectivity index (χ3n) is 3.07. The highest BCUT2D eigenvalue weighted by Gasteiger charge is 2.37. The minimum atomic E-state index is -0.991. The van der Waals surface area contributed by atoms with Gasteiger partial charge in [-0.05, 0) is 49.9 Å².